The van der Waals surface area contributed by atoms with Crippen molar-refractivity contribution in [3.05, 3.63) is 34.4 Å². The lowest BCUT2D eigenvalue weighted by atomic mass is 9.97. The number of nitrogens with zero attached hydrogens (tertiary/aromatic N) is 1. The van der Waals surface area contributed by atoms with Crippen molar-refractivity contribution in [3.8, 4) is 5.75 Å². The molecule has 102 valence electrons. The number of likely N-dealkylation sites (tertiary alicyclic amines) is 1. The summed E-state index contributed by atoms with van der Waals surface area (Å²) in [6.07, 6.45) is 5.33. The number of hydrogen-bond donors (Lipinski definition) is 1. The van der Waals surface area contributed by atoms with Gasteiger partial charge in [0.2, 0.25) is 0 Å². The molecule has 1 atom stereocenters. The largest absolute Gasteiger partial charge is 0.481 e. The summed E-state index contributed by atoms with van der Waals surface area (Å²) >= 11 is 6.15. The maximum atomic E-state index is 6.26. The molecule has 0 aromatic heterocycles. The first-order chi connectivity index (χ1) is 9.12. The topological polar surface area (TPSA) is 38.5 Å². The van der Waals surface area contributed by atoms with E-state index < -0.39 is 0 Å². The molecule has 1 spiro atoms. The second kappa shape index (κ2) is 4.82. The van der Waals surface area contributed by atoms with Gasteiger partial charge in [-0.25, -0.2) is 0 Å². The Hall–Kier alpha value is -1.03. The average molecular weight is 279 g/mol. The molecule has 3 nitrogen and oxygen atoms in total. The molecule has 3 rings (SSSR count). The van der Waals surface area contributed by atoms with Crippen LogP contribution in [0.15, 0.2) is 18.2 Å². The molecule has 1 unspecified atom stereocenters. The van der Waals surface area contributed by atoms with Crippen LogP contribution >= 0.6 is 11.6 Å². The van der Waals surface area contributed by atoms with Gasteiger partial charge in [-0.2, -0.15) is 0 Å². The van der Waals surface area contributed by atoms with E-state index in [4.69, 9.17) is 22.1 Å². The van der Waals surface area contributed by atoms with Gasteiger partial charge in [0.15, 0.2) is 0 Å². The second-order valence-electron chi connectivity index (χ2n) is 5.45. The standard InChI is InChI=1S/C15H19ClN2O/c1-11-8-14-12(9-13(11)16)2-3-15(19-14)4-6-18(10-15)7-5-17/h2-3,8-9H,4-7,10,17H2,1H3. The van der Waals surface area contributed by atoms with E-state index in [2.05, 4.69) is 17.1 Å². The summed E-state index contributed by atoms with van der Waals surface area (Å²) in [6, 6.07) is 4.01. The molecule has 0 amide bonds. The van der Waals surface area contributed by atoms with E-state index in [1.165, 1.54) is 0 Å². The molecule has 1 aromatic rings. The van der Waals surface area contributed by atoms with Crippen molar-refractivity contribution >= 4 is 17.7 Å². The highest BCUT2D eigenvalue weighted by Gasteiger charge is 2.39. The SMILES string of the molecule is Cc1cc2c(cc1Cl)C=CC1(CCN(CCN)C1)O2. The summed E-state index contributed by atoms with van der Waals surface area (Å²) in [4.78, 5) is 2.36. The van der Waals surface area contributed by atoms with Crippen LogP contribution < -0.4 is 10.5 Å². The third-order valence-electron chi connectivity index (χ3n) is 3.96. The quantitative estimate of drug-likeness (QED) is 0.903. The minimum absolute atomic E-state index is 0.178. The van der Waals surface area contributed by atoms with Gasteiger partial charge in [0, 0.05) is 43.2 Å². The van der Waals surface area contributed by atoms with Crippen molar-refractivity contribution in [1.29, 1.82) is 0 Å². The lowest BCUT2D eigenvalue weighted by molar-refractivity contribution is 0.123. The average Bonchev–Trinajstić information content (AvgIpc) is 2.75. The summed E-state index contributed by atoms with van der Waals surface area (Å²) < 4.78 is 6.26. The van der Waals surface area contributed by atoms with E-state index >= 15 is 0 Å². The fourth-order valence-electron chi connectivity index (χ4n) is 2.86. The van der Waals surface area contributed by atoms with Gasteiger partial charge in [-0.1, -0.05) is 17.7 Å². The number of fused-ring (bicyclic) bond motifs is 1. The van der Waals surface area contributed by atoms with Crippen molar-refractivity contribution in [1.82, 2.24) is 4.90 Å². The van der Waals surface area contributed by atoms with Crippen LogP contribution in [0.2, 0.25) is 5.02 Å². The molecule has 2 N–H and O–H groups in total. The molecule has 1 saturated heterocycles. The molecular weight excluding hydrogens is 260 g/mol. The minimum Gasteiger partial charge on any atom is -0.481 e. The summed E-state index contributed by atoms with van der Waals surface area (Å²) in [5, 5.41) is 0.791. The highest BCUT2D eigenvalue weighted by Crippen LogP contribution is 2.38. The molecule has 2 heterocycles. The predicted molar refractivity (Wildman–Crippen MR) is 78.7 cm³/mol. The molecule has 1 aromatic carbocycles. The fourth-order valence-corrected chi connectivity index (χ4v) is 3.03. The van der Waals surface area contributed by atoms with Crippen LogP contribution in [0.1, 0.15) is 17.5 Å². The molecule has 1 fully saturated rings. The zero-order valence-electron chi connectivity index (χ0n) is 11.2. The van der Waals surface area contributed by atoms with Gasteiger partial charge in [0.25, 0.3) is 0 Å². The van der Waals surface area contributed by atoms with Crippen LogP contribution in [0.4, 0.5) is 0 Å². The maximum absolute atomic E-state index is 6.26. The lowest BCUT2D eigenvalue weighted by Crippen LogP contribution is -2.39. The van der Waals surface area contributed by atoms with Crippen LogP contribution in [-0.2, 0) is 0 Å². The number of aryl methyl sites for hydroxylation is 1. The van der Waals surface area contributed by atoms with E-state index in [0.29, 0.717) is 6.54 Å². The molecule has 19 heavy (non-hydrogen) atoms. The zero-order chi connectivity index (χ0) is 13.5. The number of nitrogens with two attached hydrogens (primary N) is 1. The van der Waals surface area contributed by atoms with Gasteiger partial charge in [-0.05, 0) is 30.7 Å². The maximum Gasteiger partial charge on any atom is 0.141 e. The fraction of sp³-hybridized carbons (Fsp3) is 0.467. The van der Waals surface area contributed by atoms with Crippen molar-refractivity contribution in [2.75, 3.05) is 26.2 Å². The third kappa shape index (κ3) is 2.38. The van der Waals surface area contributed by atoms with E-state index in [0.717, 1.165) is 48.0 Å². The van der Waals surface area contributed by atoms with Crippen molar-refractivity contribution in [3.63, 3.8) is 0 Å². The zero-order valence-corrected chi connectivity index (χ0v) is 11.9. The highest BCUT2D eigenvalue weighted by molar-refractivity contribution is 6.31. The molecule has 0 radical (unpaired) electrons. The molecule has 0 bridgehead atoms. The Balaban J connectivity index is 1.85. The van der Waals surface area contributed by atoms with Gasteiger partial charge in [0.05, 0.1) is 0 Å². The first-order valence-electron chi connectivity index (χ1n) is 6.73. The van der Waals surface area contributed by atoms with Crippen LogP contribution in [0.3, 0.4) is 0 Å². The third-order valence-corrected chi connectivity index (χ3v) is 4.37. The van der Waals surface area contributed by atoms with Crippen LogP contribution in [-0.4, -0.2) is 36.7 Å². The van der Waals surface area contributed by atoms with Crippen molar-refractivity contribution in [2.24, 2.45) is 5.73 Å². The molecule has 4 heteroatoms. The number of benzene rings is 1. The molecule has 2 aliphatic heterocycles. The lowest BCUT2D eigenvalue weighted by Gasteiger charge is -2.32. The van der Waals surface area contributed by atoms with Crippen LogP contribution in [0.25, 0.3) is 6.08 Å². The minimum atomic E-state index is -0.178. The number of ether oxygens (including phenoxy) is 1. The van der Waals surface area contributed by atoms with Gasteiger partial charge in [0.1, 0.15) is 11.4 Å². The summed E-state index contributed by atoms with van der Waals surface area (Å²) in [5.74, 6) is 0.944. The predicted octanol–water partition coefficient (Wildman–Crippen LogP) is 2.46. The van der Waals surface area contributed by atoms with Crippen molar-refractivity contribution in [2.45, 2.75) is 18.9 Å². The molecule has 0 aliphatic carbocycles. The Morgan fingerprint density at radius 3 is 3.11 bits per heavy atom. The summed E-state index contributed by atoms with van der Waals surface area (Å²) in [7, 11) is 0. The number of rotatable bonds is 2. The van der Waals surface area contributed by atoms with Crippen LogP contribution in [0, 0.1) is 6.92 Å². The first-order valence-corrected chi connectivity index (χ1v) is 7.10. The van der Waals surface area contributed by atoms with E-state index in [1.54, 1.807) is 0 Å². The smallest absolute Gasteiger partial charge is 0.141 e. The highest BCUT2D eigenvalue weighted by atomic mass is 35.5. The van der Waals surface area contributed by atoms with E-state index in [9.17, 15) is 0 Å². The first kappa shape index (κ1) is 13.0. The normalized spacial score (nSPS) is 25.6. The van der Waals surface area contributed by atoms with Gasteiger partial charge >= 0.3 is 0 Å². The second-order valence-corrected chi connectivity index (χ2v) is 5.86. The van der Waals surface area contributed by atoms with Crippen LogP contribution in [0.5, 0.6) is 5.75 Å². The summed E-state index contributed by atoms with van der Waals surface area (Å²) in [6.45, 7) is 5.61. The Morgan fingerprint density at radius 1 is 1.47 bits per heavy atom. The monoisotopic (exact) mass is 278 g/mol. The Morgan fingerprint density at radius 2 is 2.32 bits per heavy atom. The van der Waals surface area contributed by atoms with E-state index in [-0.39, 0.29) is 5.60 Å². The van der Waals surface area contributed by atoms with E-state index in [1.807, 2.05) is 19.1 Å². The Labute approximate surface area is 119 Å². The summed E-state index contributed by atoms with van der Waals surface area (Å²) in [5.41, 5.74) is 7.57. The number of halogens is 1. The Bertz CT molecular complexity index is 529. The van der Waals surface area contributed by atoms with Gasteiger partial charge in [-0.15, -0.1) is 0 Å². The van der Waals surface area contributed by atoms with Gasteiger partial charge < -0.3 is 10.5 Å². The Kier molecular flexibility index (Phi) is 3.29. The molecular formula is C15H19ClN2O. The van der Waals surface area contributed by atoms with Gasteiger partial charge in [-0.3, -0.25) is 4.90 Å². The molecule has 0 saturated carbocycles. The number of hydrogen-bond acceptors (Lipinski definition) is 3. The van der Waals surface area contributed by atoms with Crippen molar-refractivity contribution < 1.29 is 4.74 Å². The molecule has 2 aliphatic rings.